The maximum absolute atomic E-state index is 3.66. The summed E-state index contributed by atoms with van der Waals surface area (Å²) in [5.41, 5.74) is 1.51. The van der Waals surface area contributed by atoms with E-state index in [0.717, 1.165) is 25.0 Å². The second kappa shape index (κ2) is 6.35. The van der Waals surface area contributed by atoms with Gasteiger partial charge in [0.1, 0.15) is 0 Å². The largest absolute Gasteiger partial charge is 0.313 e. The van der Waals surface area contributed by atoms with Crippen molar-refractivity contribution in [1.82, 2.24) is 10.2 Å². The summed E-state index contributed by atoms with van der Waals surface area (Å²) < 4.78 is 0. The number of rotatable bonds is 6. The molecule has 0 amide bonds. The first kappa shape index (κ1) is 13.6. The molecule has 18 heavy (non-hydrogen) atoms. The van der Waals surface area contributed by atoms with Crippen LogP contribution in [0.5, 0.6) is 0 Å². The van der Waals surface area contributed by atoms with Crippen molar-refractivity contribution in [3.05, 3.63) is 35.9 Å². The van der Waals surface area contributed by atoms with Gasteiger partial charge in [0, 0.05) is 25.2 Å². The minimum absolute atomic E-state index is 0.644. The molecule has 0 saturated heterocycles. The number of likely N-dealkylation sites (N-methyl/N-ethyl adjacent to an activating group) is 1. The molecule has 1 fully saturated rings. The Balaban J connectivity index is 1.62. The molecule has 0 heterocycles. The van der Waals surface area contributed by atoms with Gasteiger partial charge in [0.15, 0.2) is 0 Å². The molecular weight excluding hydrogens is 220 g/mol. The molecule has 2 rings (SSSR count). The molecule has 1 aliphatic carbocycles. The van der Waals surface area contributed by atoms with Gasteiger partial charge in [-0.3, -0.25) is 0 Å². The molecule has 0 radical (unpaired) electrons. The fourth-order valence-corrected chi connectivity index (χ4v) is 2.49. The molecule has 1 aromatic carbocycles. The van der Waals surface area contributed by atoms with Crippen molar-refractivity contribution in [2.75, 3.05) is 20.1 Å². The highest BCUT2D eigenvalue weighted by atomic mass is 15.1. The molecule has 0 atom stereocenters. The van der Waals surface area contributed by atoms with E-state index in [1.54, 1.807) is 0 Å². The fourth-order valence-electron chi connectivity index (χ4n) is 2.49. The standard InChI is InChI=1S/C16H26N2/c1-13(2)18(3)10-9-17-16-11-15(12-16)14-7-5-4-6-8-14/h4-8,13,15-17H,9-12H2,1-3H3. The number of nitrogens with zero attached hydrogens (tertiary/aromatic N) is 1. The third-order valence-corrected chi connectivity index (χ3v) is 4.19. The van der Waals surface area contributed by atoms with Crippen LogP contribution in [-0.2, 0) is 0 Å². The molecule has 0 unspecified atom stereocenters. The lowest BCUT2D eigenvalue weighted by molar-refractivity contribution is 0.242. The minimum atomic E-state index is 0.644. The zero-order chi connectivity index (χ0) is 13.0. The quantitative estimate of drug-likeness (QED) is 0.830. The Morgan fingerprint density at radius 1 is 1.22 bits per heavy atom. The van der Waals surface area contributed by atoms with E-state index in [1.165, 1.54) is 18.4 Å². The molecule has 1 N–H and O–H groups in total. The third kappa shape index (κ3) is 3.56. The van der Waals surface area contributed by atoms with Gasteiger partial charge in [-0.25, -0.2) is 0 Å². The van der Waals surface area contributed by atoms with Crippen LogP contribution in [0.4, 0.5) is 0 Å². The SMILES string of the molecule is CC(C)N(C)CCNC1CC(c2ccccc2)C1. The smallest absolute Gasteiger partial charge is 0.0107 e. The summed E-state index contributed by atoms with van der Waals surface area (Å²) in [7, 11) is 2.19. The van der Waals surface area contributed by atoms with Crippen LogP contribution in [0, 0.1) is 0 Å². The molecule has 0 bridgehead atoms. The minimum Gasteiger partial charge on any atom is -0.313 e. The van der Waals surface area contributed by atoms with Gasteiger partial charge in [0.25, 0.3) is 0 Å². The van der Waals surface area contributed by atoms with Crippen LogP contribution in [0.1, 0.15) is 38.2 Å². The fraction of sp³-hybridized carbons (Fsp3) is 0.625. The summed E-state index contributed by atoms with van der Waals surface area (Å²) in [5.74, 6) is 0.784. The lowest BCUT2D eigenvalue weighted by atomic mass is 9.76. The molecule has 2 nitrogen and oxygen atoms in total. The predicted octanol–water partition coefficient (Wildman–Crippen LogP) is 2.86. The van der Waals surface area contributed by atoms with Gasteiger partial charge in [0.2, 0.25) is 0 Å². The zero-order valence-electron chi connectivity index (χ0n) is 11.9. The summed E-state index contributed by atoms with van der Waals surface area (Å²) in [6.45, 7) is 6.74. The first-order valence-electron chi connectivity index (χ1n) is 7.15. The van der Waals surface area contributed by atoms with Crippen molar-refractivity contribution < 1.29 is 0 Å². The zero-order valence-corrected chi connectivity index (χ0v) is 11.9. The topological polar surface area (TPSA) is 15.3 Å². The number of benzene rings is 1. The average Bonchev–Trinajstić information content (AvgIpc) is 2.32. The van der Waals surface area contributed by atoms with Crippen LogP contribution in [0.2, 0.25) is 0 Å². The highest BCUT2D eigenvalue weighted by molar-refractivity contribution is 5.22. The Kier molecular flexibility index (Phi) is 4.79. The van der Waals surface area contributed by atoms with Gasteiger partial charge in [-0.15, -0.1) is 0 Å². The van der Waals surface area contributed by atoms with Gasteiger partial charge in [-0.2, -0.15) is 0 Å². The van der Waals surface area contributed by atoms with Crippen LogP contribution < -0.4 is 5.32 Å². The van der Waals surface area contributed by atoms with E-state index < -0.39 is 0 Å². The highest BCUT2D eigenvalue weighted by Gasteiger charge is 2.29. The summed E-state index contributed by atoms with van der Waals surface area (Å²) in [6, 6.07) is 12.3. The second-order valence-electron chi connectivity index (χ2n) is 5.80. The average molecular weight is 246 g/mol. The van der Waals surface area contributed by atoms with Crippen LogP contribution in [0.3, 0.4) is 0 Å². The van der Waals surface area contributed by atoms with Crippen LogP contribution in [0.15, 0.2) is 30.3 Å². The Morgan fingerprint density at radius 2 is 1.89 bits per heavy atom. The Bertz CT molecular complexity index is 341. The maximum Gasteiger partial charge on any atom is 0.0107 e. The summed E-state index contributed by atoms with van der Waals surface area (Å²) >= 11 is 0. The van der Waals surface area contributed by atoms with Gasteiger partial charge in [-0.1, -0.05) is 30.3 Å². The van der Waals surface area contributed by atoms with E-state index >= 15 is 0 Å². The van der Waals surface area contributed by atoms with E-state index in [1.807, 2.05) is 0 Å². The van der Waals surface area contributed by atoms with Crippen molar-refractivity contribution in [3.63, 3.8) is 0 Å². The monoisotopic (exact) mass is 246 g/mol. The van der Waals surface area contributed by atoms with Crippen molar-refractivity contribution >= 4 is 0 Å². The van der Waals surface area contributed by atoms with Gasteiger partial charge >= 0.3 is 0 Å². The molecule has 100 valence electrons. The van der Waals surface area contributed by atoms with Gasteiger partial charge in [-0.05, 0) is 45.2 Å². The van der Waals surface area contributed by atoms with E-state index in [0.29, 0.717) is 6.04 Å². The highest BCUT2D eigenvalue weighted by Crippen LogP contribution is 2.36. The van der Waals surface area contributed by atoms with Gasteiger partial charge in [0.05, 0.1) is 0 Å². The third-order valence-electron chi connectivity index (χ3n) is 4.19. The first-order chi connectivity index (χ1) is 8.66. The van der Waals surface area contributed by atoms with Crippen LogP contribution in [0.25, 0.3) is 0 Å². The molecule has 1 aliphatic rings. The summed E-state index contributed by atoms with van der Waals surface area (Å²) in [4.78, 5) is 2.39. The molecule has 1 aromatic rings. The Labute approximate surface area is 111 Å². The summed E-state index contributed by atoms with van der Waals surface area (Å²) in [6.07, 6.45) is 2.60. The van der Waals surface area contributed by atoms with Crippen LogP contribution in [-0.4, -0.2) is 37.1 Å². The lowest BCUT2D eigenvalue weighted by Crippen LogP contribution is -2.43. The molecule has 2 heteroatoms. The first-order valence-corrected chi connectivity index (χ1v) is 7.15. The molecule has 1 saturated carbocycles. The van der Waals surface area contributed by atoms with E-state index in [2.05, 4.69) is 61.4 Å². The second-order valence-corrected chi connectivity index (χ2v) is 5.80. The Hall–Kier alpha value is -0.860. The normalized spacial score (nSPS) is 23.4. The molecule has 0 spiro atoms. The number of hydrogen-bond acceptors (Lipinski definition) is 2. The predicted molar refractivity (Wildman–Crippen MR) is 78.0 cm³/mol. The number of nitrogens with one attached hydrogen (secondary N) is 1. The maximum atomic E-state index is 3.66. The van der Waals surface area contributed by atoms with Crippen molar-refractivity contribution in [3.8, 4) is 0 Å². The Morgan fingerprint density at radius 3 is 2.50 bits per heavy atom. The van der Waals surface area contributed by atoms with Crippen molar-refractivity contribution in [1.29, 1.82) is 0 Å². The molecule has 0 aliphatic heterocycles. The van der Waals surface area contributed by atoms with E-state index in [4.69, 9.17) is 0 Å². The van der Waals surface area contributed by atoms with E-state index in [-0.39, 0.29) is 0 Å². The lowest BCUT2D eigenvalue weighted by Gasteiger charge is -2.37. The van der Waals surface area contributed by atoms with Crippen LogP contribution >= 0.6 is 0 Å². The number of hydrogen-bond donors (Lipinski definition) is 1. The van der Waals surface area contributed by atoms with E-state index in [9.17, 15) is 0 Å². The molecule has 0 aromatic heterocycles. The molecular formula is C16H26N2. The van der Waals surface area contributed by atoms with Gasteiger partial charge < -0.3 is 10.2 Å². The van der Waals surface area contributed by atoms with Crippen molar-refractivity contribution in [2.24, 2.45) is 0 Å². The summed E-state index contributed by atoms with van der Waals surface area (Å²) in [5, 5.41) is 3.66. The van der Waals surface area contributed by atoms with Crippen molar-refractivity contribution in [2.45, 2.75) is 44.7 Å².